The lowest BCUT2D eigenvalue weighted by molar-refractivity contribution is -0.137. The Morgan fingerprint density at radius 2 is 1.94 bits per heavy atom. The smallest absolute Gasteiger partial charge is 0.396 e. The van der Waals surface area contributed by atoms with Crippen molar-refractivity contribution in [2.24, 2.45) is 11.3 Å². The highest BCUT2D eigenvalue weighted by atomic mass is 19.4. The van der Waals surface area contributed by atoms with Gasteiger partial charge in [0.15, 0.2) is 0 Å². The zero-order chi connectivity index (χ0) is 24.5. The maximum atomic E-state index is 13.4. The van der Waals surface area contributed by atoms with Gasteiger partial charge in [-0.2, -0.15) is 18.4 Å². The molecular formula is C26H28F3N3O2. The molecule has 0 aromatic heterocycles. The fourth-order valence-corrected chi connectivity index (χ4v) is 5.42. The molecule has 2 fully saturated rings. The van der Waals surface area contributed by atoms with Crippen LogP contribution in [0.1, 0.15) is 35.1 Å². The minimum Gasteiger partial charge on any atom is -0.396 e. The summed E-state index contributed by atoms with van der Waals surface area (Å²) in [6.07, 6.45) is -2.93. The van der Waals surface area contributed by atoms with E-state index in [9.17, 15) is 23.1 Å². The molecule has 2 aromatic carbocycles. The second-order valence-electron chi connectivity index (χ2n) is 9.51. The van der Waals surface area contributed by atoms with Crippen molar-refractivity contribution in [1.82, 2.24) is 4.90 Å². The van der Waals surface area contributed by atoms with Gasteiger partial charge in [0.25, 0.3) is 0 Å². The summed E-state index contributed by atoms with van der Waals surface area (Å²) in [6.45, 7) is 4.07. The van der Waals surface area contributed by atoms with E-state index in [0.29, 0.717) is 51.1 Å². The number of carbonyl (C=O) groups is 1. The van der Waals surface area contributed by atoms with Crippen LogP contribution in [0.3, 0.4) is 0 Å². The van der Waals surface area contributed by atoms with Gasteiger partial charge in [-0.3, -0.25) is 4.79 Å². The molecule has 2 aliphatic heterocycles. The third-order valence-electron chi connectivity index (χ3n) is 7.38. The molecule has 8 heteroatoms. The number of rotatable bonds is 4. The Morgan fingerprint density at radius 1 is 1.21 bits per heavy atom. The summed E-state index contributed by atoms with van der Waals surface area (Å²) in [6, 6.07) is 13.3. The van der Waals surface area contributed by atoms with Gasteiger partial charge in [0, 0.05) is 44.4 Å². The summed E-state index contributed by atoms with van der Waals surface area (Å²) in [7, 11) is 0. The molecule has 1 unspecified atom stereocenters. The van der Waals surface area contributed by atoms with E-state index in [-0.39, 0.29) is 29.4 Å². The molecule has 2 saturated heterocycles. The lowest BCUT2D eigenvalue weighted by atomic mass is 9.71. The lowest BCUT2D eigenvalue weighted by Gasteiger charge is -2.43. The molecule has 0 radical (unpaired) electrons. The van der Waals surface area contributed by atoms with Crippen molar-refractivity contribution in [3.8, 4) is 6.07 Å². The number of nitriles is 1. The number of hydrogen-bond acceptors (Lipinski definition) is 4. The van der Waals surface area contributed by atoms with E-state index in [0.717, 1.165) is 17.2 Å². The first-order valence-corrected chi connectivity index (χ1v) is 11.5. The van der Waals surface area contributed by atoms with Crippen molar-refractivity contribution >= 4 is 11.6 Å². The number of aliphatic hydroxyl groups excluding tert-OH is 1. The topological polar surface area (TPSA) is 67.6 Å². The van der Waals surface area contributed by atoms with Crippen LogP contribution < -0.4 is 4.90 Å². The van der Waals surface area contributed by atoms with Crippen LogP contribution >= 0.6 is 0 Å². The highest BCUT2D eigenvalue weighted by molar-refractivity contribution is 5.79. The number of carbonyl (C=O) groups excluding carboxylic acids is 1. The minimum atomic E-state index is -4.59. The predicted molar refractivity (Wildman–Crippen MR) is 122 cm³/mol. The van der Waals surface area contributed by atoms with Gasteiger partial charge in [0.05, 0.1) is 23.6 Å². The standard InChI is InChI=1S/C26H28F3N3O2/c1-18-3-2-4-19(11-18)12-24(34)32-15-21(16-33)25(17-32)7-9-31(10-8-25)22-6-5-20(14-30)23(13-22)26(27,28)29/h2-6,11,13,21,33H,7-10,12,15-17H2,1H3. The van der Waals surface area contributed by atoms with Crippen LogP contribution in [-0.2, 0) is 17.4 Å². The molecule has 1 spiro atoms. The Bertz CT molecular complexity index is 1100. The monoisotopic (exact) mass is 471 g/mol. The number of benzene rings is 2. The maximum absolute atomic E-state index is 13.4. The molecule has 0 aliphatic carbocycles. The van der Waals surface area contributed by atoms with Gasteiger partial charge in [0.1, 0.15) is 0 Å². The van der Waals surface area contributed by atoms with E-state index in [1.54, 1.807) is 12.1 Å². The molecule has 0 bridgehead atoms. The third kappa shape index (κ3) is 4.76. The van der Waals surface area contributed by atoms with Gasteiger partial charge >= 0.3 is 6.18 Å². The molecular weight excluding hydrogens is 443 g/mol. The van der Waals surface area contributed by atoms with Crippen molar-refractivity contribution < 1.29 is 23.1 Å². The van der Waals surface area contributed by atoms with Crippen molar-refractivity contribution in [2.45, 2.75) is 32.4 Å². The van der Waals surface area contributed by atoms with Crippen LogP contribution in [-0.4, -0.2) is 48.7 Å². The highest BCUT2D eigenvalue weighted by Crippen LogP contribution is 2.46. The average Bonchev–Trinajstić information content (AvgIpc) is 3.16. The molecule has 4 rings (SSSR count). The Kier molecular flexibility index (Phi) is 6.59. The molecule has 5 nitrogen and oxygen atoms in total. The van der Waals surface area contributed by atoms with Crippen molar-refractivity contribution in [3.63, 3.8) is 0 Å². The fraction of sp³-hybridized carbons (Fsp3) is 0.462. The first kappa shape index (κ1) is 24.1. The Hall–Kier alpha value is -3.05. The van der Waals surface area contributed by atoms with Crippen molar-refractivity contribution in [2.75, 3.05) is 37.7 Å². The number of anilines is 1. The van der Waals surface area contributed by atoms with E-state index in [1.165, 1.54) is 6.07 Å². The SMILES string of the molecule is Cc1cccc(CC(=O)N2CC(CO)C3(CCN(c4ccc(C#N)c(C(F)(F)F)c4)CC3)C2)c1. The molecule has 2 heterocycles. The number of piperidine rings is 1. The summed E-state index contributed by atoms with van der Waals surface area (Å²) < 4.78 is 40.1. The summed E-state index contributed by atoms with van der Waals surface area (Å²) in [4.78, 5) is 16.7. The molecule has 34 heavy (non-hydrogen) atoms. The van der Waals surface area contributed by atoms with Crippen LogP contribution in [0.25, 0.3) is 0 Å². The van der Waals surface area contributed by atoms with E-state index >= 15 is 0 Å². The highest BCUT2D eigenvalue weighted by Gasteiger charge is 2.49. The molecule has 1 atom stereocenters. The molecule has 1 amide bonds. The first-order valence-electron chi connectivity index (χ1n) is 11.5. The van der Waals surface area contributed by atoms with Crippen molar-refractivity contribution in [3.05, 3.63) is 64.7 Å². The number of likely N-dealkylation sites (tertiary alicyclic amines) is 1. The second-order valence-corrected chi connectivity index (χ2v) is 9.51. The zero-order valence-electron chi connectivity index (χ0n) is 19.1. The predicted octanol–water partition coefficient (Wildman–Crippen LogP) is 4.17. The Balaban J connectivity index is 1.45. The maximum Gasteiger partial charge on any atom is 0.417 e. The van der Waals surface area contributed by atoms with Gasteiger partial charge < -0.3 is 14.9 Å². The van der Waals surface area contributed by atoms with E-state index < -0.39 is 11.7 Å². The summed E-state index contributed by atoms with van der Waals surface area (Å²) >= 11 is 0. The number of aliphatic hydroxyl groups is 1. The third-order valence-corrected chi connectivity index (χ3v) is 7.38. The second kappa shape index (κ2) is 9.30. The number of amides is 1. The number of hydrogen-bond donors (Lipinski definition) is 1. The van der Waals surface area contributed by atoms with E-state index in [4.69, 9.17) is 5.26 Å². The molecule has 180 valence electrons. The van der Waals surface area contributed by atoms with E-state index in [1.807, 2.05) is 41.0 Å². The van der Waals surface area contributed by atoms with Crippen LogP contribution in [0.2, 0.25) is 0 Å². The lowest BCUT2D eigenvalue weighted by Crippen LogP contribution is -2.45. The molecule has 2 aliphatic rings. The summed E-state index contributed by atoms with van der Waals surface area (Å²) in [5.41, 5.74) is 0.945. The normalized spacial score (nSPS) is 19.9. The van der Waals surface area contributed by atoms with Crippen LogP contribution in [0, 0.1) is 29.6 Å². The average molecular weight is 472 g/mol. The number of alkyl halides is 3. The fourth-order valence-electron chi connectivity index (χ4n) is 5.42. The number of nitrogens with zero attached hydrogens (tertiary/aromatic N) is 3. The molecule has 0 saturated carbocycles. The van der Waals surface area contributed by atoms with Crippen molar-refractivity contribution in [1.29, 1.82) is 5.26 Å². The van der Waals surface area contributed by atoms with Crippen LogP contribution in [0.4, 0.5) is 18.9 Å². The largest absolute Gasteiger partial charge is 0.417 e. The van der Waals surface area contributed by atoms with Gasteiger partial charge in [0.2, 0.25) is 5.91 Å². The van der Waals surface area contributed by atoms with Gasteiger partial charge in [-0.05, 0) is 48.9 Å². The zero-order valence-corrected chi connectivity index (χ0v) is 19.1. The van der Waals surface area contributed by atoms with Gasteiger partial charge in [-0.1, -0.05) is 29.8 Å². The van der Waals surface area contributed by atoms with Crippen LogP contribution in [0.15, 0.2) is 42.5 Å². The van der Waals surface area contributed by atoms with Crippen LogP contribution in [0.5, 0.6) is 0 Å². The van der Waals surface area contributed by atoms with Gasteiger partial charge in [-0.25, -0.2) is 0 Å². The number of halogens is 3. The molecule has 1 N–H and O–H groups in total. The number of aryl methyl sites for hydroxylation is 1. The minimum absolute atomic E-state index is 0.0245. The van der Waals surface area contributed by atoms with E-state index in [2.05, 4.69) is 0 Å². The Morgan fingerprint density at radius 3 is 2.56 bits per heavy atom. The Labute approximate surface area is 197 Å². The van der Waals surface area contributed by atoms with Gasteiger partial charge in [-0.15, -0.1) is 0 Å². The first-order chi connectivity index (χ1) is 16.1. The summed E-state index contributed by atoms with van der Waals surface area (Å²) in [5, 5.41) is 19.1. The molecule has 2 aromatic rings. The quantitative estimate of drug-likeness (QED) is 0.727. The summed E-state index contributed by atoms with van der Waals surface area (Å²) in [5.74, 6) is -0.0203.